The summed E-state index contributed by atoms with van der Waals surface area (Å²) in [5.41, 5.74) is 1.01. The van der Waals surface area contributed by atoms with Crippen LogP contribution in [0, 0.1) is 0 Å². The van der Waals surface area contributed by atoms with Gasteiger partial charge in [-0.25, -0.2) is 13.1 Å². The van der Waals surface area contributed by atoms with Crippen molar-refractivity contribution < 1.29 is 17.9 Å². The first-order valence-electron chi connectivity index (χ1n) is 9.62. The molecule has 1 aliphatic heterocycles. The number of thiophene rings is 1. The summed E-state index contributed by atoms with van der Waals surface area (Å²) in [6.45, 7) is 5.96. The molecule has 1 atom stereocenters. The van der Waals surface area contributed by atoms with Crippen molar-refractivity contribution in [1.82, 2.24) is 14.5 Å². The topological polar surface area (TPSA) is 79.0 Å². The van der Waals surface area contributed by atoms with Gasteiger partial charge in [-0.05, 0) is 23.9 Å². The Labute approximate surface area is 176 Å². The number of benzene rings is 1. The van der Waals surface area contributed by atoms with E-state index >= 15 is 0 Å². The number of ether oxygens (including phenoxy) is 1. The molecule has 1 aliphatic rings. The standard InChI is InChI=1S/C20H27N3O4S2/c1-17(15-22-9-11-27-12-10-22)23(16-18-6-3-2-4-7-18)19(24)14-21-29(25,26)20-8-5-13-28-20/h2-8,13,17,21H,9-12,14-16H2,1H3. The van der Waals surface area contributed by atoms with Crippen molar-refractivity contribution in [1.29, 1.82) is 0 Å². The molecule has 7 nitrogen and oxygen atoms in total. The van der Waals surface area contributed by atoms with Gasteiger partial charge in [0.1, 0.15) is 4.21 Å². The molecule has 9 heteroatoms. The third kappa shape index (κ3) is 6.35. The van der Waals surface area contributed by atoms with Crippen LogP contribution in [-0.2, 0) is 26.1 Å². The highest BCUT2D eigenvalue weighted by Gasteiger charge is 2.25. The largest absolute Gasteiger partial charge is 0.379 e. The molecule has 1 saturated heterocycles. The number of rotatable bonds is 9. The predicted molar refractivity (Wildman–Crippen MR) is 113 cm³/mol. The maximum atomic E-state index is 13.0. The summed E-state index contributed by atoms with van der Waals surface area (Å²) in [4.78, 5) is 17.0. The van der Waals surface area contributed by atoms with Gasteiger partial charge in [-0.1, -0.05) is 36.4 Å². The Morgan fingerprint density at radius 1 is 1.21 bits per heavy atom. The Morgan fingerprint density at radius 3 is 2.59 bits per heavy atom. The minimum absolute atomic E-state index is 0.0629. The number of amides is 1. The van der Waals surface area contributed by atoms with Crippen molar-refractivity contribution in [3.63, 3.8) is 0 Å². The third-order valence-corrected chi connectivity index (χ3v) is 7.65. The number of sulfonamides is 1. The van der Waals surface area contributed by atoms with Crippen LogP contribution in [0.5, 0.6) is 0 Å². The van der Waals surface area contributed by atoms with Crippen LogP contribution in [0.3, 0.4) is 0 Å². The minimum atomic E-state index is -3.68. The quantitative estimate of drug-likeness (QED) is 0.647. The summed E-state index contributed by atoms with van der Waals surface area (Å²) in [6.07, 6.45) is 0. The van der Waals surface area contributed by atoms with Gasteiger partial charge in [0.05, 0.1) is 19.8 Å². The van der Waals surface area contributed by atoms with Crippen molar-refractivity contribution in [3.8, 4) is 0 Å². The van der Waals surface area contributed by atoms with E-state index in [0.29, 0.717) is 19.8 Å². The molecule has 0 spiro atoms. The van der Waals surface area contributed by atoms with E-state index in [2.05, 4.69) is 9.62 Å². The van der Waals surface area contributed by atoms with Gasteiger partial charge in [0.2, 0.25) is 5.91 Å². The van der Waals surface area contributed by atoms with E-state index in [1.807, 2.05) is 37.3 Å². The lowest BCUT2D eigenvalue weighted by Gasteiger charge is -2.35. The van der Waals surface area contributed by atoms with E-state index in [-0.39, 0.29) is 22.7 Å². The number of carbonyl (C=O) groups excluding carboxylic acids is 1. The molecule has 1 fully saturated rings. The van der Waals surface area contributed by atoms with E-state index in [9.17, 15) is 13.2 Å². The first-order valence-corrected chi connectivity index (χ1v) is 12.0. The van der Waals surface area contributed by atoms with Crippen LogP contribution in [0.2, 0.25) is 0 Å². The Morgan fingerprint density at radius 2 is 1.93 bits per heavy atom. The maximum absolute atomic E-state index is 13.0. The summed E-state index contributed by atoms with van der Waals surface area (Å²) < 4.78 is 32.8. The van der Waals surface area contributed by atoms with Crippen LogP contribution in [0.25, 0.3) is 0 Å². The third-order valence-electron chi connectivity index (χ3n) is 4.85. The Balaban J connectivity index is 1.68. The van der Waals surface area contributed by atoms with Crippen molar-refractivity contribution in [2.24, 2.45) is 0 Å². The molecule has 1 N–H and O–H groups in total. The second-order valence-electron chi connectivity index (χ2n) is 7.03. The van der Waals surface area contributed by atoms with Gasteiger partial charge >= 0.3 is 0 Å². The number of morpholine rings is 1. The number of nitrogens with one attached hydrogen (secondary N) is 1. The van der Waals surface area contributed by atoms with Crippen LogP contribution < -0.4 is 4.72 Å². The highest BCUT2D eigenvalue weighted by molar-refractivity contribution is 7.91. The molecule has 0 saturated carbocycles. The zero-order valence-electron chi connectivity index (χ0n) is 16.5. The molecule has 1 aromatic carbocycles. The first kappa shape index (κ1) is 21.9. The van der Waals surface area contributed by atoms with E-state index in [0.717, 1.165) is 36.5 Å². The second kappa shape index (κ2) is 10.3. The second-order valence-corrected chi connectivity index (χ2v) is 9.97. The van der Waals surface area contributed by atoms with Crippen LogP contribution in [0.1, 0.15) is 12.5 Å². The fourth-order valence-corrected chi connectivity index (χ4v) is 5.28. The molecule has 3 rings (SSSR count). The summed E-state index contributed by atoms with van der Waals surface area (Å²) >= 11 is 1.13. The fraction of sp³-hybridized carbons (Fsp3) is 0.450. The van der Waals surface area contributed by atoms with Crippen LogP contribution >= 0.6 is 11.3 Å². The average molecular weight is 438 g/mol. The molecular weight excluding hydrogens is 410 g/mol. The lowest BCUT2D eigenvalue weighted by Crippen LogP contribution is -2.50. The Bertz CT molecular complexity index is 866. The van der Waals surface area contributed by atoms with Gasteiger partial charge in [-0.15, -0.1) is 11.3 Å². The van der Waals surface area contributed by atoms with E-state index < -0.39 is 10.0 Å². The lowest BCUT2D eigenvalue weighted by molar-refractivity contribution is -0.133. The molecule has 0 bridgehead atoms. The zero-order valence-corrected chi connectivity index (χ0v) is 18.1. The first-order chi connectivity index (χ1) is 14.0. The van der Waals surface area contributed by atoms with Gasteiger partial charge in [-0.2, -0.15) is 0 Å². The highest BCUT2D eigenvalue weighted by Crippen LogP contribution is 2.16. The molecular formula is C20H27N3O4S2. The normalized spacial score (nSPS) is 16.4. The van der Waals surface area contributed by atoms with Gasteiger partial charge in [0.25, 0.3) is 10.0 Å². The van der Waals surface area contributed by atoms with Crippen molar-refractivity contribution in [3.05, 3.63) is 53.4 Å². The van der Waals surface area contributed by atoms with Crippen LogP contribution in [0.4, 0.5) is 0 Å². The number of nitrogens with zero attached hydrogens (tertiary/aromatic N) is 2. The van der Waals surface area contributed by atoms with Gasteiger partial charge in [0, 0.05) is 32.2 Å². The van der Waals surface area contributed by atoms with Crippen LogP contribution in [-0.4, -0.2) is 69.6 Å². The summed E-state index contributed by atoms with van der Waals surface area (Å²) in [7, 11) is -3.68. The summed E-state index contributed by atoms with van der Waals surface area (Å²) in [5, 5.41) is 1.70. The van der Waals surface area contributed by atoms with E-state index in [1.54, 1.807) is 16.3 Å². The highest BCUT2D eigenvalue weighted by atomic mass is 32.2. The molecule has 0 aliphatic carbocycles. The van der Waals surface area contributed by atoms with E-state index in [1.165, 1.54) is 6.07 Å². The van der Waals surface area contributed by atoms with Gasteiger partial charge < -0.3 is 9.64 Å². The zero-order chi connectivity index (χ0) is 20.7. The molecule has 0 radical (unpaired) electrons. The van der Waals surface area contributed by atoms with Gasteiger partial charge in [0.15, 0.2) is 0 Å². The molecule has 1 aromatic heterocycles. The monoisotopic (exact) mass is 437 g/mol. The van der Waals surface area contributed by atoms with Crippen LogP contribution in [0.15, 0.2) is 52.1 Å². The number of hydrogen-bond acceptors (Lipinski definition) is 6. The SMILES string of the molecule is CC(CN1CCOCC1)N(Cc1ccccc1)C(=O)CNS(=O)(=O)c1cccs1. The minimum Gasteiger partial charge on any atom is -0.379 e. The summed E-state index contributed by atoms with van der Waals surface area (Å²) in [5.74, 6) is -0.241. The number of hydrogen-bond donors (Lipinski definition) is 1. The fourth-order valence-electron chi connectivity index (χ4n) is 3.27. The molecule has 29 heavy (non-hydrogen) atoms. The van der Waals surface area contributed by atoms with Crippen molar-refractivity contribution in [2.75, 3.05) is 39.4 Å². The Kier molecular flexibility index (Phi) is 7.79. The lowest BCUT2D eigenvalue weighted by atomic mass is 10.1. The summed E-state index contributed by atoms with van der Waals surface area (Å²) in [6, 6.07) is 12.9. The smallest absolute Gasteiger partial charge is 0.250 e. The van der Waals surface area contributed by atoms with E-state index in [4.69, 9.17) is 4.74 Å². The molecule has 1 unspecified atom stereocenters. The average Bonchev–Trinajstić information content (AvgIpc) is 3.28. The number of carbonyl (C=O) groups is 1. The molecule has 2 heterocycles. The van der Waals surface area contributed by atoms with Crippen molar-refractivity contribution >= 4 is 27.3 Å². The molecule has 1 amide bonds. The predicted octanol–water partition coefficient (Wildman–Crippen LogP) is 1.78. The molecule has 158 valence electrons. The van der Waals surface area contributed by atoms with Gasteiger partial charge in [-0.3, -0.25) is 9.69 Å². The maximum Gasteiger partial charge on any atom is 0.250 e. The van der Waals surface area contributed by atoms with Crippen molar-refractivity contribution in [2.45, 2.75) is 23.7 Å². The molecule has 2 aromatic rings. The Hall–Kier alpha value is -1.78.